The van der Waals surface area contributed by atoms with Crippen LogP contribution in [-0.4, -0.2) is 31.4 Å². The molecule has 0 aromatic carbocycles. The number of halogens is 1. The van der Waals surface area contributed by atoms with Crippen molar-refractivity contribution in [2.24, 2.45) is 7.05 Å². The molecule has 0 aliphatic carbocycles. The van der Waals surface area contributed by atoms with Crippen LogP contribution >= 0.6 is 22.9 Å². The van der Waals surface area contributed by atoms with E-state index < -0.39 is 0 Å². The van der Waals surface area contributed by atoms with Gasteiger partial charge >= 0.3 is 0 Å². The normalized spacial score (nSPS) is 18.5. The summed E-state index contributed by atoms with van der Waals surface area (Å²) in [6.07, 6.45) is 4.17. The van der Waals surface area contributed by atoms with Crippen molar-refractivity contribution in [1.29, 1.82) is 0 Å². The lowest BCUT2D eigenvalue weighted by atomic mass is 10.1. The maximum Gasteiger partial charge on any atom is 0.134 e. The zero-order valence-electron chi connectivity index (χ0n) is 13.6. The van der Waals surface area contributed by atoms with E-state index in [9.17, 15) is 0 Å². The van der Waals surface area contributed by atoms with Gasteiger partial charge in [-0.15, -0.1) is 11.3 Å². The minimum absolute atomic E-state index is 0.355. The Balaban J connectivity index is 1.67. The monoisotopic (exact) mass is 363 g/mol. The van der Waals surface area contributed by atoms with E-state index in [1.807, 2.05) is 31.6 Å². The zero-order valence-corrected chi connectivity index (χ0v) is 15.1. The van der Waals surface area contributed by atoms with Crippen molar-refractivity contribution < 1.29 is 4.52 Å². The summed E-state index contributed by atoms with van der Waals surface area (Å²) in [6, 6.07) is 2.25. The second-order valence-electron chi connectivity index (χ2n) is 6.06. The Morgan fingerprint density at radius 3 is 3.04 bits per heavy atom. The van der Waals surface area contributed by atoms with Crippen molar-refractivity contribution in [3.63, 3.8) is 0 Å². The molecular weight excluding hydrogens is 346 g/mol. The Labute approximate surface area is 149 Å². The van der Waals surface area contributed by atoms with Gasteiger partial charge in [0.2, 0.25) is 0 Å². The maximum absolute atomic E-state index is 6.52. The molecule has 0 spiro atoms. The van der Waals surface area contributed by atoms with Crippen LogP contribution < -0.4 is 0 Å². The molecule has 1 aliphatic rings. The third kappa shape index (κ3) is 2.76. The number of aryl methyl sites for hydroxylation is 2. The lowest BCUT2D eigenvalue weighted by molar-refractivity contribution is 0.248. The molecule has 24 heavy (non-hydrogen) atoms. The Morgan fingerprint density at radius 2 is 2.33 bits per heavy atom. The largest absolute Gasteiger partial charge is 0.361 e. The molecule has 4 heterocycles. The number of rotatable bonds is 4. The fourth-order valence-electron chi connectivity index (χ4n) is 3.27. The van der Waals surface area contributed by atoms with Gasteiger partial charge in [-0.05, 0) is 26.3 Å². The van der Waals surface area contributed by atoms with E-state index in [4.69, 9.17) is 16.1 Å². The number of likely N-dealkylation sites (tertiary alicyclic amines) is 1. The minimum atomic E-state index is 0.355. The highest BCUT2D eigenvalue weighted by Gasteiger charge is 2.30. The molecule has 0 bridgehead atoms. The van der Waals surface area contributed by atoms with Gasteiger partial charge in [0, 0.05) is 36.8 Å². The van der Waals surface area contributed by atoms with Crippen LogP contribution in [-0.2, 0) is 13.6 Å². The van der Waals surface area contributed by atoms with Gasteiger partial charge in [-0.2, -0.15) is 5.10 Å². The Bertz CT molecular complexity index is 841. The third-order valence-electron chi connectivity index (χ3n) is 4.40. The molecule has 1 saturated heterocycles. The molecule has 1 aliphatic heterocycles. The van der Waals surface area contributed by atoms with Crippen LogP contribution in [0.2, 0.25) is 5.15 Å². The van der Waals surface area contributed by atoms with Crippen molar-refractivity contribution >= 4 is 22.9 Å². The van der Waals surface area contributed by atoms with Crippen LogP contribution in [0.4, 0.5) is 0 Å². The molecule has 1 atom stereocenters. The SMILES string of the molecule is Cc1cc(-c2nn(C)c(Cl)c2CN2CCC[C@@H]2c2nccs2)no1. The number of hydrogen-bond donors (Lipinski definition) is 0. The van der Waals surface area contributed by atoms with Gasteiger partial charge in [0.05, 0.1) is 6.04 Å². The van der Waals surface area contributed by atoms with Crippen LogP contribution in [0.25, 0.3) is 11.4 Å². The van der Waals surface area contributed by atoms with Gasteiger partial charge in [0.15, 0.2) is 0 Å². The quantitative estimate of drug-likeness (QED) is 0.705. The standard InChI is InChI=1S/C16H18ClN5OS/c1-10-8-12(20-23-10)14-11(15(17)21(2)19-14)9-22-6-3-4-13(22)16-18-5-7-24-16/h5,7-8,13H,3-4,6,9H2,1-2H3/t13-/m1/s1. The van der Waals surface area contributed by atoms with Gasteiger partial charge in [0.1, 0.15) is 27.3 Å². The molecule has 3 aromatic heterocycles. The van der Waals surface area contributed by atoms with Gasteiger partial charge in [-0.1, -0.05) is 16.8 Å². The first kappa shape index (κ1) is 15.8. The lowest BCUT2D eigenvalue weighted by Crippen LogP contribution is -2.23. The molecule has 1 fully saturated rings. The molecule has 3 aromatic rings. The van der Waals surface area contributed by atoms with Crippen molar-refractivity contribution in [1.82, 2.24) is 24.8 Å². The van der Waals surface area contributed by atoms with Crippen LogP contribution in [0.1, 0.15) is 35.2 Å². The average molecular weight is 364 g/mol. The molecule has 6 nitrogen and oxygen atoms in total. The summed E-state index contributed by atoms with van der Waals surface area (Å²) in [5, 5.41) is 12.5. The average Bonchev–Trinajstić information content (AvgIpc) is 3.32. The van der Waals surface area contributed by atoms with Crippen molar-refractivity contribution in [3.8, 4) is 11.4 Å². The van der Waals surface area contributed by atoms with Gasteiger partial charge in [-0.25, -0.2) is 4.98 Å². The highest BCUT2D eigenvalue weighted by Crippen LogP contribution is 2.37. The van der Waals surface area contributed by atoms with E-state index in [0.29, 0.717) is 11.2 Å². The van der Waals surface area contributed by atoms with E-state index in [0.717, 1.165) is 42.2 Å². The van der Waals surface area contributed by atoms with E-state index in [2.05, 4.69) is 20.1 Å². The van der Waals surface area contributed by atoms with Crippen molar-refractivity contribution in [2.45, 2.75) is 32.4 Å². The molecule has 8 heteroatoms. The molecule has 0 unspecified atom stereocenters. The predicted molar refractivity (Wildman–Crippen MR) is 93.0 cm³/mol. The topological polar surface area (TPSA) is 60.0 Å². The van der Waals surface area contributed by atoms with Crippen LogP contribution in [0, 0.1) is 6.92 Å². The summed E-state index contributed by atoms with van der Waals surface area (Å²) in [5.41, 5.74) is 2.52. The Hall–Kier alpha value is -1.70. The second kappa shape index (κ2) is 6.31. The highest BCUT2D eigenvalue weighted by atomic mass is 35.5. The van der Waals surface area contributed by atoms with Crippen molar-refractivity contribution in [2.75, 3.05) is 6.54 Å². The first-order chi connectivity index (χ1) is 11.6. The molecule has 0 amide bonds. The molecule has 126 valence electrons. The number of nitrogens with zero attached hydrogens (tertiary/aromatic N) is 5. The summed E-state index contributed by atoms with van der Waals surface area (Å²) in [4.78, 5) is 6.93. The third-order valence-corrected chi connectivity index (χ3v) is 5.75. The molecule has 0 radical (unpaired) electrons. The Kier molecular flexibility index (Phi) is 4.15. The fraction of sp³-hybridized carbons (Fsp3) is 0.438. The van der Waals surface area contributed by atoms with Crippen molar-refractivity contribution in [3.05, 3.63) is 39.1 Å². The fourth-order valence-corrected chi connectivity index (χ4v) is 4.26. The molecule has 0 saturated carbocycles. The zero-order chi connectivity index (χ0) is 16.7. The van der Waals surface area contributed by atoms with Gasteiger partial charge < -0.3 is 4.52 Å². The van der Waals surface area contributed by atoms with Crippen LogP contribution in [0.15, 0.2) is 22.2 Å². The lowest BCUT2D eigenvalue weighted by Gasteiger charge is -2.22. The summed E-state index contributed by atoms with van der Waals surface area (Å²) < 4.78 is 6.91. The van der Waals surface area contributed by atoms with E-state index in [1.165, 1.54) is 11.4 Å². The van der Waals surface area contributed by atoms with Gasteiger partial charge in [-0.3, -0.25) is 9.58 Å². The first-order valence-corrected chi connectivity index (χ1v) is 9.17. The highest BCUT2D eigenvalue weighted by molar-refractivity contribution is 7.09. The number of hydrogen-bond acceptors (Lipinski definition) is 6. The number of thiazole rings is 1. The maximum atomic E-state index is 6.52. The Morgan fingerprint density at radius 1 is 1.46 bits per heavy atom. The molecular formula is C16H18ClN5OS. The molecule has 4 rings (SSSR count). The molecule has 0 N–H and O–H groups in total. The summed E-state index contributed by atoms with van der Waals surface area (Å²) in [5.74, 6) is 0.763. The summed E-state index contributed by atoms with van der Waals surface area (Å²) >= 11 is 8.24. The second-order valence-corrected chi connectivity index (χ2v) is 7.35. The van der Waals surface area contributed by atoms with E-state index in [1.54, 1.807) is 16.0 Å². The van der Waals surface area contributed by atoms with Gasteiger partial charge in [0.25, 0.3) is 0 Å². The summed E-state index contributed by atoms with van der Waals surface area (Å²) in [6.45, 7) is 3.64. The summed E-state index contributed by atoms with van der Waals surface area (Å²) in [7, 11) is 1.85. The smallest absolute Gasteiger partial charge is 0.134 e. The first-order valence-electron chi connectivity index (χ1n) is 7.92. The number of aromatic nitrogens is 4. The van der Waals surface area contributed by atoms with Crippen LogP contribution in [0.5, 0.6) is 0 Å². The van der Waals surface area contributed by atoms with E-state index in [-0.39, 0.29) is 0 Å². The van der Waals surface area contributed by atoms with Crippen LogP contribution in [0.3, 0.4) is 0 Å². The predicted octanol–water partition coefficient (Wildman–Crippen LogP) is 3.83. The van der Waals surface area contributed by atoms with E-state index >= 15 is 0 Å². The minimum Gasteiger partial charge on any atom is -0.361 e.